The van der Waals surface area contributed by atoms with Crippen molar-refractivity contribution in [3.8, 4) is 0 Å². The third-order valence-electron chi connectivity index (χ3n) is 6.24. The number of Topliss-reactive ketones (excluding diaryl/α,β-unsaturated/α-hetero) is 1. The van der Waals surface area contributed by atoms with Crippen LogP contribution in [0, 0.1) is 11.7 Å². The van der Waals surface area contributed by atoms with E-state index in [0.29, 0.717) is 12.1 Å². The van der Waals surface area contributed by atoms with Crippen molar-refractivity contribution in [2.45, 2.75) is 44.4 Å². The van der Waals surface area contributed by atoms with Gasteiger partial charge in [0.15, 0.2) is 11.5 Å². The molecule has 5 rings (SSSR count). The molecule has 1 saturated carbocycles. The highest BCUT2D eigenvalue weighted by Gasteiger charge is 2.51. The van der Waals surface area contributed by atoms with Gasteiger partial charge in [0.1, 0.15) is 11.9 Å². The Labute approximate surface area is 169 Å². The second kappa shape index (κ2) is 7.14. The lowest BCUT2D eigenvalue weighted by atomic mass is 9.77. The molecule has 2 aromatic carbocycles. The van der Waals surface area contributed by atoms with Gasteiger partial charge in [0.05, 0.1) is 17.5 Å². The molecule has 0 spiro atoms. The van der Waals surface area contributed by atoms with E-state index >= 15 is 0 Å². The van der Waals surface area contributed by atoms with Crippen LogP contribution < -0.4 is 0 Å². The van der Waals surface area contributed by atoms with Gasteiger partial charge in [-0.3, -0.25) is 9.59 Å². The highest BCUT2D eigenvalue weighted by Crippen LogP contribution is 2.47. The molecule has 0 bridgehead atoms. The summed E-state index contributed by atoms with van der Waals surface area (Å²) in [5, 5.41) is 0. The molecule has 1 aliphatic carbocycles. The number of hydrogen-bond acceptors (Lipinski definition) is 3. The zero-order valence-corrected chi connectivity index (χ0v) is 16.0. The summed E-state index contributed by atoms with van der Waals surface area (Å²) in [6, 6.07) is 15.2. The number of ether oxygens (including phenoxy) is 1. The molecule has 0 radical (unpaired) electrons. The van der Waals surface area contributed by atoms with Gasteiger partial charge in [-0.15, -0.1) is 0 Å². The topological polar surface area (TPSA) is 46.6 Å². The van der Waals surface area contributed by atoms with Crippen molar-refractivity contribution in [1.29, 1.82) is 0 Å². The highest BCUT2D eigenvalue weighted by atomic mass is 19.1. The first kappa shape index (κ1) is 18.1. The Bertz CT molecular complexity index is 983. The van der Waals surface area contributed by atoms with Gasteiger partial charge < -0.3 is 9.64 Å². The maximum Gasteiger partial charge on any atom is 0.290 e. The Balaban J connectivity index is 1.58. The third kappa shape index (κ3) is 3.05. The monoisotopic (exact) mass is 391 g/mol. The number of ketones is 1. The summed E-state index contributed by atoms with van der Waals surface area (Å²) in [6.07, 6.45) is 3.41. The van der Waals surface area contributed by atoms with Crippen molar-refractivity contribution >= 4 is 11.7 Å². The van der Waals surface area contributed by atoms with Crippen molar-refractivity contribution in [3.05, 3.63) is 82.9 Å². The maximum absolute atomic E-state index is 13.5. The number of nitrogens with zero attached hydrogens (tertiary/aromatic N) is 1. The fraction of sp³-hybridized carbons (Fsp3) is 0.333. The molecule has 4 nitrogen and oxygen atoms in total. The van der Waals surface area contributed by atoms with Crippen molar-refractivity contribution in [2.75, 3.05) is 0 Å². The van der Waals surface area contributed by atoms with E-state index in [9.17, 15) is 14.0 Å². The first-order chi connectivity index (χ1) is 14.1. The quantitative estimate of drug-likeness (QED) is 0.783. The van der Waals surface area contributed by atoms with E-state index in [0.717, 1.165) is 36.8 Å². The van der Waals surface area contributed by atoms with Crippen LogP contribution >= 0.6 is 0 Å². The van der Waals surface area contributed by atoms with E-state index in [1.807, 2.05) is 30.3 Å². The van der Waals surface area contributed by atoms with E-state index in [1.54, 1.807) is 17.0 Å². The molecule has 1 amide bonds. The molecule has 2 aromatic rings. The van der Waals surface area contributed by atoms with E-state index in [1.165, 1.54) is 12.1 Å². The summed E-state index contributed by atoms with van der Waals surface area (Å²) < 4.78 is 19.7. The zero-order chi connectivity index (χ0) is 20.0. The van der Waals surface area contributed by atoms with Crippen LogP contribution in [0.1, 0.15) is 42.9 Å². The molecule has 0 aromatic heterocycles. The van der Waals surface area contributed by atoms with E-state index in [-0.39, 0.29) is 35.3 Å². The first-order valence-corrected chi connectivity index (χ1v) is 10.2. The van der Waals surface area contributed by atoms with Crippen molar-refractivity contribution in [1.82, 2.24) is 4.90 Å². The number of rotatable bonds is 3. The Morgan fingerprint density at radius 3 is 2.45 bits per heavy atom. The normalized spacial score (nSPS) is 26.2. The van der Waals surface area contributed by atoms with Crippen LogP contribution in [-0.2, 0) is 20.9 Å². The average Bonchev–Trinajstić information content (AvgIpc) is 3.02. The van der Waals surface area contributed by atoms with E-state index in [2.05, 4.69) is 0 Å². The second-order valence-corrected chi connectivity index (χ2v) is 8.03. The largest absolute Gasteiger partial charge is 0.483 e. The molecule has 0 saturated heterocycles. The molecule has 3 aliphatic rings. The molecule has 1 fully saturated rings. The third-order valence-corrected chi connectivity index (χ3v) is 6.24. The van der Waals surface area contributed by atoms with Gasteiger partial charge in [0.2, 0.25) is 0 Å². The molecule has 2 aliphatic heterocycles. The average molecular weight is 391 g/mol. The lowest BCUT2D eigenvalue weighted by Crippen LogP contribution is -2.39. The minimum Gasteiger partial charge on any atom is -0.483 e. The van der Waals surface area contributed by atoms with Crippen LogP contribution in [0.5, 0.6) is 0 Å². The van der Waals surface area contributed by atoms with Crippen LogP contribution in [0.25, 0.3) is 0 Å². The molecule has 29 heavy (non-hydrogen) atoms. The Morgan fingerprint density at radius 1 is 0.966 bits per heavy atom. The zero-order valence-electron chi connectivity index (χ0n) is 16.0. The van der Waals surface area contributed by atoms with Gasteiger partial charge in [-0.25, -0.2) is 4.39 Å². The summed E-state index contributed by atoms with van der Waals surface area (Å²) in [5.41, 5.74) is 2.14. The maximum atomic E-state index is 13.5. The Kier molecular flexibility index (Phi) is 4.46. The number of halogens is 1. The number of carbonyl (C=O) groups excluding carboxylic acids is 2. The summed E-state index contributed by atoms with van der Waals surface area (Å²) >= 11 is 0. The molecule has 3 atom stereocenters. The van der Waals surface area contributed by atoms with Crippen LogP contribution in [0.2, 0.25) is 0 Å². The van der Waals surface area contributed by atoms with Gasteiger partial charge in [0.25, 0.3) is 5.91 Å². The van der Waals surface area contributed by atoms with Crippen LogP contribution in [0.15, 0.2) is 65.9 Å². The fourth-order valence-corrected chi connectivity index (χ4v) is 4.83. The van der Waals surface area contributed by atoms with Crippen LogP contribution in [-0.4, -0.2) is 22.7 Å². The van der Waals surface area contributed by atoms with Crippen molar-refractivity contribution in [3.63, 3.8) is 0 Å². The van der Waals surface area contributed by atoms with Gasteiger partial charge in [0, 0.05) is 6.54 Å². The summed E-state index contributed by atoms with van der Waals surface area (Å²) in [6.45, 7) is 0.362. The second-order valence-electron chi connectivity index (χ2n) is 8.03. The number of fused-ring (bicyclic) bond motifs is 1. The number of benzene rings is 2. The minimum absolute atomic E-state index is 0.0224. The SMILES string of the molecule is O=C1C2=C(OC3CCCCC13)C(=O)N(Cc1ccccc1)C2c1ccc(F)cc1. The predicted octanol–water partition coefficient (Wildman–Crippen LogP) is 4.32. The van der Waals surface area contributed by atoms with Gasteiger partial charge in [-0.2, -0.15) is 0 Å². The van der Waals surface area contributed by atoms with E-state index < -0.39 is 6.04 Å². The molecule has 148 valence electrons. The first-order valence-electron chi connectivity index (χ1n) is 10.2. The number of amides is 1. The van der Waals surface area contributed by atoms with Gasteiger partial charge in [-0.05, 0) is 42.5 Å². The highest BCUT2D eigenvalue weighted by molar-refractivity contribution is 6.11. The van der Waals surface area contributed by atoms with Gasteiger partial charge in [-0.1, -0.05) is 48.9 Å². The number of hydrogen-bond donors (Lipinski definition) is 0. The Hall–Kier alpha value is -2.95. The molecular formula is C24H22FNO3. The summed E-state index contributed by atoms with van der Waals surface area (Å²) in [5.74, 6) is -0.566. The molecule has 5 heteroatoms. The molecular weight excluding hydrogens is 369 g/mol. The lowest BCUT2D eigenvalue weighted by molar-refractivity contribution is -0.135. The van der Waals surface area contributed by atoms with Gasteiger partial charge >= 0.3 is 0 Å². The Morgan fingerprint density at radius 2 is 1.69 bits per heavy atom. The molecule has 3 unspecified atom stereocenters. The molecule has 0 N–H and O–H groups in total. The van der Waals surface area contributed by atoms with Crippen LogP contribution in [0.3, 0.4) is 0 Å². The summed E-state index contributed by atoms with van der Waals surface area (Å²) in [7, 11) is 0. The summed E-state index contributed by atoms with van der Waals surface area (Å²) in [4.78, 5) is 28.5. The number of carbonyl (C=O) groups is 2. The fourth-order valence-electron chi connectivity index (χ4n) is 4.83. The minimum atomic E-state index is -0.548. The lowest BCUT2D eigenvalue weighted by Gasteiger charge is -2.35. The van der Waals surface area contributed by atoms with Crippen molar-refractivity contribution in [2.24, 2.45) is 5.92 Å². The van der Waals surface area contributed by atoms with Crippen molar-refractivity contribution < 1.29 is 18.7 Å². The molecule has 2 heterocycles. The standard InChI is InChI=1S/C24H22FNO3/c25-17-12-10-16(11-13-17)21-20-22(27)18-8-4-5-9-19(18)29-23(20)24(28)26(21)14-15-6-2-1-3-7-15/h1-3,6-7,10-13,18-19,21H,4-5,8-9,14H2. The predicted molar refractivity (Wildman–Crippen MR) is 105 cm³/mol. The smallest absolute Gasteiger partial charge is 0.290 e. The van der Waals surface area contributed by atoms with Crippen LogP contribution in [0.4, 0.5) is 4.39 Å². The van der Waals surface area contributed by atoms with E-state index in [4.69, 9.17) is 4.74 Å².